The van der Waals surface area contributed by atoms with E-state index in [1.807, 2.05) is 11.8 Å². The van der Waals surface area contributed by atoms with Crippen LogP contribution >= 0.6 is 0 Å². The van der Waals surface area contributed by atoms with E-state index in [1.54, 1.807) is 0 Å². The van der Waals surface area contributed by atoms with E-state index in [0.29, 0.717) is 19.3 Å². The van der Waals surface area contributed by atoms with Crippen molar-refractivity contribution in [2.75, 3.05) is 53.5 Å². The summed E-state index contributed by atoms with van der Waals surface area (Å²) in [4.78, 5) is 19.0. The van der Waals surface area contributed by atoms with Gasteiger partial charge in [0.2, 0.25) is 5.91 Å². The number of amides is 1. The average Bonchev–Trinajstić information content (AvgIpc) is 3.60. The molecule has 5 nitrogen and oxygen atoms in total. The quantitative estimate of drug-likeness (QED) is 0.796. The molecule has 4 rings (SSSR count). The minimum Gasteiger partial charge on any atom is -0.378 e. The lowest BCUT2D eigenvalue weighted by atomic mass is 10.0. The molecule has 0 N–H and O–H groups in total. The van der Waals surface area contributed by atoms with E-state index in [0.717, 1.165) is 44.9 Å². The van der Waals surface area contributed by atoms with Gasteiger partial charge in [0.1, 0.15) is 0 Å². The third-order valence-corrected chi connectivity index (χ3v) is 6.31. The second kappa shape index (κ2) is 10.4. The first-order valence-electron chi connectivity index (χ1n) is 10.9. The van der Waals surface area contributed by atoms with Crippen LogP contribution in [0.25, 0.3) is 0 Å². The number of carbonyl (C=O) groups is 1. The van der Waals surface area contributed by atoms with Crippen LogP contribution in [0.3, 0.4) is 0 Å². The third kappa shape index (κ3) is 6.03. The number of nitrogens with zero attached hydrogens (tertiary/aromatic N) is 3. The van der Waals surface area contributed by atoms with E-state index >= 15 is 0 Å². The SMILES string of the molecule is CC(C(=O)N1CCOCC1)N1CCC(N(C)C)CC1.c1ccc(C2CC2)cc1. The fourth-order valence-corrected chi connectivity index (χ4v) is 4.14. The maximum Gasteiger partial charge on any atom is 0.239 e. The number of rotatable bonds is 4. The van der Waals surface area contributed by atoms with Gasteiger partial charge in [-0.25, -0.2) is 0 Å². The largest absolute Gasteiger partial charge is 0.378 e. The maximum absolute atomic E-state index is 12.4. The molecule has 156 valence electrons. The summed E-state index contributed by atoms with van der Waals surface area (Å²) in [5.41, 5.74) is 1.53. The van der Waals surface area contributed by atoms with Crippen molar-refractivity contribution in [1.82, 2.24) is 14.7 Å². The zero-order chi connectivity index (χ0) is 19.9. The lowest BCUT2D eigenvalue weighted by Crippen LogP contribution is -2.53. The van der Waals surface area contributed by atoms with Crippen LogP contribution in [0.15, 0.2) is 30.3 Å². The summed E-state index contributed by atoms with van der Waals surface area (Å²) in [6.07, 6.45) is 5.13. The highest BCUT2D eigenvalue weighted by atomic mass is 16.5. The molecule has 2 heterocycles. The Kier molecular flexibility index (Phi) is 7.89. The van der Waals surface area contributed by atoms with E-state index in [2.05, 4.69) is 54.2 Å². The van der Waals surface area contributed by atoms with Crippen molar-refractivity contribution in [1.29, 1.82) is 0 Å². The van der Waals surface area contributed by atoms with Crippen LogP contribution in [0, 0.1) is 0 Å². The molecule has 1 aliphatic carbocycles. The van der Waals surface area contributed by atoms with Gasteiger partial charge in [-0.3, -0.25) is 9.69 Å². The highest BCUT2D eigenvalue weighted by Crippen LogP contribution is 2.39. The standard InChI is InChI=1S/C14H27N3O2.C9H10/c1-12(14(18)17-8-10-19-11-9-17)16-6-4-13(5-7-16)15(2)3;1-2-4-8(5-3-1)9-6-7-9/h12-13H,4-11H2,1-3H3;1-5,9H,6-7H2. The number of ether oxygens (including phenoxy) is 1. The fourth-order valence-electron chi connectivity index (χ4n) is 4.14. The molecule has 0 radical (unpaired) electrons. The average molecular weight is 388 g/mol. The van der Waals surface area contributed by atoms with E-state index in [9.17, 15) is 4.79 Å². The second-order valence-corrected chi connectivity index (χ2v) is 8.53. The summed E-state index contributed by atoms with van der Waals surface area (Å²) in [6.45, 7) is 6.96. The lowest BCUT2D eigenvalue weighted by molar-refractivity contribution is -0.141. The van der Waals surface area contributed by atoms with Crippen molar-refractivity contribution in [2.24, 2.45) is 0 Å². The molecule has 1 unspecified atom stereocenters. The molecule has 28 heavy (non-hydrogen) atoms. The Balaban J connectivity index is 0.000000206. The molecule has 1 atom stereocenters. The number of piperidine rings is 1. The molecular formula is C23H37N3O2. The Labute approximate surface area is 170 Å². The number of hydrogen-bond acceptors (Lipinski definition) is 4. The minimum atomic E-state index is 0.0150. The van der Waals surface area contributed by atoms with Gasteiger partial charge < -0.3 is 14.5 Å². The maximum atomic E-state index is 12.4. The molecule has 1 saturated carbocycles. The second-order valence-electron chi connectivity index (χ2n) is 8.53. The monoisotopic (exact) mass is 387 g/mol. The molecule has 1 aromatic rings. The summed E-state index contributed by atoms with van der Waals surface area (Å²) < 4.78 is 5.30. The van der Waals surface area contributed by atoms with Gasteiger partial charge >= 0.3 is 0 Å². The number of hydrogen-bond donors (Lipinski definition) is 0. The highest BCUT2D eigenvalue weighted by molar-refractivity contribution is 5.81. The van der Waals surface area contributed by atoms with Crippen LogP contribution < -0.4 is 0 Å². The Morgan fingerprint density at radius 2 is 1.61 bits per heavy atom. The predicted molar refractivity (Wildman–Crippen MR) is 114 cm³/mol. The number of likely N-dealkylation sites (tertiary alicyclic amines) is 1. The van der Waals surface area contributed by atoms with Crippen LogP contribution in [-0.2, 0) is 9.53 Å². The number of benzene rings is 1. The molecule has 1 amide bonds. The summed E-state index contributed by atoms with van der Waals surface area (Å²) in [5, 5.41) is 0. The summed E-state index contributed by atoms with van der Waals surface area (Å²) >= 11 is 0. The smallest absolute Gasteiger partial charge is 0.239 e. The van der Waals surface area contributed by atoms with Crippen molar-refractivity contribution in [2.45, 2.75) is 50.6 Å². The molecule has 2 saturated heterocycles. The summed E-state index contributed by atoms with van der Waals surface area (Å²) in [6, 6.07) is 11.4. The Bertz CT molecular complexity index is 589. The van der Waals surface area contributed by atoms with Gasteiger partial charge in [-0.15, -0.1) is 0 Å². The van der Waals surface area contributed by atoms with Gasteiger partial charge in [-0.2, -0.15) is 0 Å². The van der Waals surface area contributed by atoms with Gasteiger partial charge in [0.15, 0.2) is 0 Å². The molecule has 5 heteroatoms. The van der Waals surface area contributed by atoms with Gasteiger partial charge in [0.25, 0.3) is 0 Å². The van der Waals surface area contributed by atoms with Crippen LogP contribution in [0.4, 0.5) is 0 Å². The van der Waals surface area contributed by atoms with Gasteiger partial charge in [0, 0.05) is 32.2 Å². The normalized spacial score (nSPS) is 22.5. The lowest BCUT2D eigenvalue weighted by Gasteiger charge is -2.39. The molecule has 3 fully saturated rings. The van der Waals surface area contributed by atoms with Crippen LogP contribution in [-0.4, -0.2) is 86.2 Å². The number of morpholine rings is 1. The third-order valence-electron chi connectivity index (χ3n) is 6.31. The first-order chi connectivity index (χ1) is 13.6. The zero-order valence-corrected chi connectivity index (χ0v) is 17.8. The van der Waals surface area contributed by atoms with Crippen molar-refractivity contribution in [3.8, 4) is 0 Å². The minimum absolute atomic E-state index is 0.0150. The Hall–Kier alpha value is -1.43. The fraction of sp³-hybridized carbons (Fsp3) is 0.696. The number of carbonyl (C=O) groups excluding carboxylic acids is 1. The van der Waals surface area contributed by atoms with E-state index < -0.39 is 0 Å². The molecule has 0 spiro atoms. The highest BCUT2D eigenvalue weighted by Gasteiger charge is 2.30. The van der Waals surface area contributed by atoms with Crippen molar-refractivity contribution in [3.05, 3.63) is 35.9 Å². The van der Waals surface area contributed by atoms with E-state index in [-0.39, 0.29) is 11.9 Å². The van der Waals surface area contributed by atoms with Crippen LogP contribution in [0.2, 0.25) is 0 Å². The Morgan fingerprint density at radius 3 is 2.14 bits per heavy atom. The molecule has 0 bridgehead atoms. The first kappa shape index (κ1) is 21.3. The molecule has 2 aliphatic heterocycles. The summed E-state index contributed by atoms with van der Waals surface area (Å²) in [5.74, 6) is 1.18. The van der Waals surface area contributed by atoms with Crippen molar-refractivity contribution in [3.63, 3.8) is 0 Å². The van der Waals surface area contributed by atoms with Crippen LogP contribution in [0.5, 0.6) is 0 Å². The molecule has 3 aliphatic rings. The van der Waals surface area contributed by atoms with Gasteiger partial charge in [-0.1, -0.05) is 30.3 Å². The molecule has 0 aromatic heterocycles. The van der Waals surface area contributed by atoms with Crippen LogP contribution in [0.1, 0.15) is 44.1 Å². The van der Waals surface area contributed by atoms with Gasteiger partial charge in [0.05, 0.1) is 19.3 Å². The molecular weight excluding hydrogens is 350 g/mol. The molecule has 1 aromatic carbocycles. The first-order valence-corrected chi connectivity index (χ1v) is 10.9. The van der Waals surface area contributed by atoms with E-state index in [1.165, 1.54) is 18.4 Å². The summed E-state index contributed by atoms with van der Waals surface area (Å²) in [7, 11) is 4.28. The van der Waals surface area contributed by atoms with Gasteiger partial charge in [-0.05, 0) is 58.2 Å². The predicted octanol–water partition coefficient (Wildman–Crippen LogP) is 2.82. The zero-order valence-electron chi connectivity index (χ0n) is 17.8. The van der Waals surface area contributed by atoms with E-state index in [4.69, 9.17) is 4.74 Å². The van der Waals surface area contributed by atoms with Crippen molar-refractivity contribution < 1.29 is 9.53 Å². The Morgan fingerprint density at radius 1 is 1.00 bits per heavy atom. The van der Waals surface area contributed by atoms with Crippen molar-refractivity contribution >= 4 is 5.91 Å². The topological polar surface area (TPSA) is 36.0 Å².